The van der Waals surface area contributed by atoms with E-state index in [0.717, 1.165) is 31.8 Å². The molecule has 1 aliphatic heterocycles. The predicted octanol–water partition coefficient (Wildman–Crippen LogP) is 0.883. The first-order valence-electron chi connectivity index (χ1n) is 6.21. The van der Waals surface area contributed by atoms with Crippen LogP contribution in [0, 0.1) is 6.92 Å². The number of ether oxygens (including phenoxy) is 1. The maximum absolute atomic E-state index is 5.77. The van der Waals surface area contributed by atoms with Crippen molar-refractivity contribution < 1.29 is 4.74 Å². The van der Waals surface area contributed by atoms with Gasteiger partial charge in [0.25, 0.3) is 0 Å². The van der Waals surface area contributed by atoms with Gasteiger partial charge in [-0.3, -0.25) is 9.58 Å². The Bertz CT molecular complexity index is 355. The maximum atomic E-state index is 5.77. The summed E-state index contributed by atoms with van der Waals surface area (Å²) < 4.78 is 7.66. The van der Waals surface area contributed by atoms with Gasteiger partial charge in [-0.1, -0.05) is 0 Å². The Morgan fingerprint density at radius 2 is 2.35 bits per heavy atom. The zero-order valence-corrected chi connectivity index (χ0v) is 10.9. The third kappa shape index (κ3) is 2.98. The molecule has 17 heavy (non-hydrogen) atoms. The summed E-state index contributed by atoms with van der Waals surface area (Å²) in [5, 5.41) is 4.27. The molecule has 1 aromatic rings. The number of hydrogen-bond acceptors (Lipinski definition) is 4. The summed E-state index contributed by atoms with van der Waals surface area (Å²) in [6.45, 7) is 9.99. The highest BCUT2D eigenvalue weighted by Gasteiger charge is 2.22. The van der Waals surface area contributed by atoms with Gasteiger partial charge in [0.05, 0.1) is 19.3 Å². The predicted molar refractivity (Wildman–Crippen MR) is 67.8 cm³/mol. The third-order valence-electron chi connectivity index (χ3n) is 3.27. The molecule has 1 saturated heterocycles. The number of hydrogen-bond donors (Lipinski definition) is 1. The number of morpholine rings is 1. The normalized spacial score (nSPS) is 22.2. The van der Waals surface area contributed by atoms with Crippen molar-refractivity contribution in [1.29, 1.82) is 0 Å². The van der Waals surface area contributed by atoms with Gasteiger partial charge >= 0.3 is 0 Å². The van der Waals surface area contributed by atoms with E-state index in [0.29, 0.717) is 11.9 Å². The molecule has 0 spiro atoms. The van der Waals surface area contributed by atoms with Crippen molar-refractivity contribution in [1.82, 2.24) is 14.7 Å². The third-order valence-corrected chi connectivity index (χ3v) is 3.27. The molecule has 5 heteroatoms. The Morgan fingerprint density at radius 3 is 2.94 bits per heavy atom. The lowest BCUT2D eigenvalue weighted by Crippen LogP contribution is -2.47. The van der Waals surface area contributed by atoms with Crippen molar-refractivity contribution in [2.24, 2.45) is 0 Å². The van der Waals surface area contributed by atoms with Crippen molar-refractivity contribution in [2.45, 2.75) is 39.5 Å². The van der Waals surface area contributed by atoms with Crippen LogP contribution in [0.4, 0.5) is 5.82 Å². The van der Waals surface area contributed by atoms with Gasteiger partial charge in [-0.15, -0.1) is 0 Å². The number of nitrogens with zero attached hydrogens (tertiary/aromatic N) is 3. The molecule has 1 aromatic heterocycles. The number of nitrogens with two attached hydrogens (primary N) is 1. The van der Waals surface area contributed by atoms with Gasteiger partial charge in [0.2, 0.25) is 0 Å². The minimum absolute atomic E-state index is 0.213. The molecule has 2 N–H and O–H groups in total. The van der Waals surface area contributed by atoms with Gasteiger partial charge < -0.3 is 10.5 Å². The van der Waals surface area contributed by atoms with E-state index < -0.39 is 0 Å². The molecule has 0 saturated carbocycles. The quantitative estimate of drug-likeness (QED) is 0.849. The van der Waals surface area contributed by atoms with Crippen molar-refractivity contribution in [3.63, 3.8) is 0 Å². The van der Waals surface area contributed by atoms with E-state index in [1.54, 1.807) is 0 Å². The highest BCUT2D eigenvalue weighted by molar-refractivity contribution is 5.35. The van der Waals surface area contributed by atoms with E-state index in [1.165, 1.54) is 0 Å². The summed E-state index contributed by atoms with van der Waals surface area (Å²) in [7, 11) is 0. The van der Waals surface area contributed by atoms with Crippen LogP contribution in [0.5, 0.6) is 0 Å². The molecule has 0 aliphatic carbocycles. The molecular weight excluding hydrogens is 216 g/mol. The Hall–Kier alpha value is -1.07. The van der Waals surface area contributed by atoms with Crippen LogP contribution in [0.25, 0.3) is 0 Å². The van der Waals surface area contributed by atoms with Crippen LogP contribution < -0.4 is 5.73 Å². The van der Waals surface area contributed by atoms with E-state index in [4.69, 9.17) is 10.5 Å². The zero-order chi connectivity index (χ0) is 12.4. The van der Waals surface area contributed by atoms with Crippen molar-refractivity contribution in [2.75, 3.05) is 25.4 Å². The van der Waals surface area contributed by atoms with Crippen LogP contribution in [0.15, 0.2) is 6.20 Å². The van der Waals surface area contributed by atoms with Crippen molar-refractivity contribution in [3.05, 3.63) is 11.8 Å². The standard InChI is InChI=1S/C12H22N4O/c1-9(2)15-4-5-17-11(7-15)8-16-6-10(3)12(13)14-16/h6,9,11H,4-5,7-8H2,1-3H3,(H2,13,14). The lowest BCUT2D eigenvalue weighted by molar-refractivity contribution is -0.0469. The van der Waals surface area contributed by atoms with E-state index in [-0.39, 0.29) is 6.10 Å². The van der Waals surface area contributed by atoms with Crippen LogP contribution in [0.2, 0.25) is 0 Å². The molecule has 1 unspecified atom stereocenters. The van der Waals surface area contributed by atoms with Gasteiger partial charge in [0.1, 0.15) is 5.82 Å². The van der Waals surface area contributed by atoms with E-state index >= 15 is 0 Å². The fraction of sp³-hybridized carbons (Fsp3) is 0.750. The first-order valence-corrected chi connectivity index (χ1v) is 6.21. The summed E-state index contributed by atoms with van der Waals surface area (Å²) in [4.78, 5) is 2.44. The molecule has 2 rings (SSSR count). The Kier molecular flexibility index (Phi) is 3.69. The average molecular weight is 238 g/mol. The number of nitrogen functional groups attached to an aromatic ring is 1. The lowest BCUT2D eigenvalue weighted by Gasteiger charge is -2.35. The van der Waals surface area contributed by atoms with Crippen LogP contribution >= 0.6 is 0 Å². The molecule has 0 amide bonds. The highest BCUT2D eigenvalue weighted by atomic mass is 16.5. The maximum Gasteiger partial charge on any atom is 0.148 e. The number of rotatable bonds is 3. The summed E-state index contributed by atoms with van der Waals surface area (Å²) in [6.07, 6.45) is 2.19. The second-order valence-electron chi connectivity index (χ2n) is 5.00. The van der Waals surface area contributed by atoms with Crippen LogP contribution in [-0.4, -0.2) is 46.5 Å². The lowest BCUT2D eigenvalue weighted by atomic mass is 10.2. The number of anilines is 1. The topological polar surface area (TPSA) is 56.3 Å². The van der Waals surface area contributed by atoms with E-state index in [9.17, 15) is 0 Å². The first-order chi connectivity index (χ1) is 8.06. The molecule has 0 bridgehead atoms. The molecule has 0 radical (unpaired) electrons. The summed E-state index contributed by atoms with van der Waals surface area (Å²) in [6, 6.07) is 0.575. The minimum Gasteiger partial charge on any atom is -0.382 e. The monoisotopic (exact) mass is 238 g/mol. The molecule has 1 fully saturated rings. The fourth-order valence-corrected chi connectivity index (χ4v) is 2.16. The van der Waals surface area contributed by atoms with Gasteiger partial charge in [-0.25, -0.2) is 0 Å². The van der Waals surface area contributed by atoms with E-state index in [1.807, 2.05) is 17.8 Å². The molecule has 2 heterocycles. The van der Waals surface area contributed by atoms with Gasteiger partial charge in [0.15, 0.2) is 0 Å². The van der Waals surface area contributed by atoms with Crippen molar-refractivity contribution in [3.8, 4) is 0 Å². The smallest absolute Gasteiger partial charge is 0.148 e. The number of aromatic nitrogens is 2. The molecule has 96 valence electrons. The minimum atomic E-state index is 0.213. The SMILES string of the molecule is Cc1cn(CC2CN(C(C)C)CCO2)nc1N. The molecule has 5 nitrogen and oxygen atoms in total. The second kappa shape index (κ2) is 5.06. The van der Waals surface area contributed by atoms with Gasteiger partial charge in [0, 0.05) is 30.9 Å². The summed E-state index contributed by atoms with van der Waals surface area (Å²) >= 11 is 0. The number of aryl methyl sites for hydroxylation is 1. The second-order valence-corrected chi connectivity index (χ2v) is 5.00. The fourth-order valence-electron chi connectivity index (χ4n) is 2.16. The van der Waals surface area contributed by atoms with Gasteiger partial charge in [-0.2, -0.15) is 5.10 Å². The summed E-state index contributed by atoms with van der Waals surface area (Å²) in [5.41, 5.74) is 6.77. The molecule has 0 aromatic carbocycles. The summed E-state index contributed by atoms with van der Waals surface area (Å²) in [5.74, 6) is 0.613. The van der Waals surface area contributed by atoms with Crippen molar-refractivity contribution >= 4 is 5.82 Å². The van der Waals surface area contributed by atoms with Crippen LogP contribution in [0.1, 0.15) is 19.4 Å². The average Bonchev–Trinajstić information content (AvgIpc) is 2.58. The largest absolute Gasteiger partial charge is 0.382 e. The molecule has 1 aliphatic rings. The van der Waals surface area contributed by atoms with E-state index in [2.05, 4.69) is 23.8 Å². The van der Waals surface area contributed by atoms with Gasteiger partial charge in [-0.05, 0) is 20.8 Å². The molecule has 1 atom stereocenters. The Labute approximate surface area is 103 Å². The zero-order valence-electron chi connectivity index (χ0n) is 10.9. The first kappa shape index (κ1) is 12.4. The van der Waals surface area contributed by atoms with Crippen LogP contribution in [0.3, 0.4) is 0 Å². The Morgan fingerprint density at radius 1 is 1.59 bits per heavy atom. The highest BCUT2D eigenvalue weighted by Crippen LogP contribution is 2.12. The van der Waals surface area contributed by atoms with Crippen LogP contribution in [-0.2, 0) is 11.3 Å². The Balaban J connectivity index is 1.94. The molecular formula is C12H22N4O.